The Morgan fingerprint density at radius 2 is 2.11 bits per heavy atom. The highest BCUT2D eigenvalue weighted by Crippen LogP contribution is 2.20. The lowest BCUT2D eigenvalue weighted by atomic mass is 10.1. The number of carbonyl (C=O) groups excluding carboxylic acids is 2. The van der Waals surface area contributed by atoms with Crippen LogP contribution < -0.4 is 0 Å². The normalized spacial score (nSPS) is 18.2. The van der Waals surface area contributed by atoms with Crippen LogP contribution in [0.15, 0.2) is 0 Å². The van der Waals surface area contributed by atoms with Crippen LogP contribution in [-0.4, -0.2) is 66.7 Å². The molecule has 1 heterocycles. The molecule has 0 aliphatic carbocycles. The van der Waals surface area contributed by atoms with Crippen LogP contribution in [0.2, 0.25) is 0 Å². The van der Waals surface area contributed by atoms with Crippen molar-refractivity contribution >= 4 is 18.0 Å². The average molecular weight is 272 g/mol. The minimum Gasteiger partial charge on any atom is -0.481 e. The quantitative estimate of drug-likeness (QED) is 0.732. The predicted molar refractivity (Wildman–Crippen MR) is 66.6 cm³/mol. The van der Waals surface area contributed by atoms with E-state index >= 15 is 0 Å². The topological polar surface area (TPSA) is 87.2 Å². The highest BCUT2D eigenvalue weighted by Gasteiger charge is 2.29. The SMILES string of the molecule is COC(=O)CCN(C)C(=O)N1CCC(CC(=O)O)C1. The van der Waals surface area contributed by atoms with Crippen molar-refractivity contribution in [2.75, 3.05) is 33.8 Å². The van der Waals surface area contributed by atoms with Gasteiger partial charge in [0.15, 0.2) is 0 Å². The lowest BCUT2D eigenvalue weighted by Crippen LogP contribution is -2.40. The lowest BCUT2D eigenvalue weighted by Gasteiger charge is -2.24. The van der Waals surface area contributed by atoms with E-state index in [2.05, 4.69) is 4.74 Å². The van der Waals surface area contributed by atoms with Crippen molar-refractivity contribution in [2.24, 2.45) is 5.92 Å². The molecule has 7 heteroatoms. The lowest BCUT2D eigenvalue weighted by molar-refractivity contribution is -0.141. The molecule has 0 bridgehead atoms. The summed E-state index contributed by atoms with van der Waals surface area (Å²) in [6.07, 6.45) is 0.962. The van der Waals surface area contributed by atoms with Crippen molar-refractivity contribution in [2.45, 2.75) is 19.3 Å². The van der Waals surface area contributed by atoms with E-state index in [4.69, 9.17) is 5.11 Å². The summed E-state index contributed by atoms with van der Waals surface area (Å²) in [7, 11) is 2.93. The second-order valence-electron chi connectivity index (χ2n) is 4.73. The van der Waals surface area contributed by atoms with Gasteiger partial charge in [0.05, 0.1) is 13.5 Å². The standard InChI is InChI=1S/C12H20N2O5/c1-13(5-4-11(17)19-2)12(18)14-6-3-9(8-14)7-10(15)16/h9H,3-8H2,1-2H3,(H,15,16). The predicted octanol–water partition coefficient (Wildman–Crippen LogP) is 0.398. The number of likely N-dealkylation sites (tertiary alicyclic amines) is 1. The number of esters is 1. The molecule has 1 saturated heterocycles. The average Bonchev–Trinajstić information content (AvgIpc) is 2.81. The molecule has 2 amide bonds. The van der Waals surface area contributed by atoms with Crippen LogP contribution in [-0.2, 0) is 14.3 Å². The fraction of sp³-hybridized carbons (Fsp3) is 0.750. The van der Waals surface area contributed by atoms with Gasteiger partial charge in [-0.2, -0.15) is 0 Å². The van der Waals surface area contributed by atoms with Gasteiger partial charge in [-0.05, 0) is 12.3 Å². The Hall–Kier alpha value is -1.79. The summed E-state index contributed by atoms with van der Waals surface area (Å²) in [6, 6.07) is -0.170. The van der Waals surface area contributed by atoms with E-state index < -0.39 is 5.97 Å². The third-order valence-electron chi connectivity index (χ3n) is 3.23. The number of carboxylic acid groups (broad SMARTS) is 1. The van der Waals surface area contributed by atoms with Crippen molar-refractivity contribution < 1.29 is 24.2 Å². The molecule has 0 saturated carbocycles. The van der Waals surface area contributed by atoms with Crippen LogP contribution in [0, 0.1) is 5.92 Å². The van der Waals surface area contributed by atoms with Crippen molar-refractivity contribution in [3.63, 3.8) is 0 Å². The van der Waals surface area contributed by atoms with Crippen molar-refractivity contribution in [1.82, 2.24) is 9.80 Å². The first kappa shape index (κ1) is 15.3. The highest BCUT2D eigenvalue weighted by molar-refractivity contribution is 5.76. The zero-order valence-corrected chi connectivity index (χ0v) is 11.3. The van der Waals surface area contributed by atoms with E-state index in [-0.39, 0.29) is 30.8 Å². The van der Waals surface area contributed by atoms with E-state index in [9.17, 15) is 14.4 Å². The van der Waals surface area contributed by atoms with Crippen LogP contribution >= 0.6 is 0 Å². The Morgan fingerprint density at radius 3 is 2.68 bits per heavy atom. The van der Waals surface area contributed by atoms with Crippen LogP contribution in [0.3, 0.4) is 0 Å². The minimum absolute atomic E-state index is 0.0236. The smallest absolute Gasteiger partial charge is 0.319 e. The molecule has 0 radical (unpaired) electrons. The van der Waals surface area contributed by atoms with Gasteiger partial charge in [0.2, 0.25) is 0 Å². The molecule has 0 spiro atoms. The van der Waals surface area contributed by atoms with E-state index in [1.807, 2.05) is 0 Å². The monoisotopic (exact) mass is 272 g/mol. The first-order chi connectivity index (χ1) is 8.93. The number of carbonyl (C=O) groups is 3. The van der Waals surface area contributed by atoms with E-state index in [1.165, 1.54) is 12.0 Å². The first-order valence-corrected chi connectivity index (χ1v) is 6.22. The molecule has 108 valence electrons. The number of ether oxygens (including phenoxy) is 1. The molecule has 7 nitrogen and oxygen atoms in total. The van der Waals surface area contributed by atoms with Crippen molar-refractivity contribution in [1.29, 1.82) is 0 Å². The molecular formula is C12H20N2O5. The molecule has 1 aliphatic heterocycles. The molecule has 0 aromatic rings. The molecule has 1 fully saturated rings. The third kappa shape index (κ3) is 4.76. The summed E-state index contributed by atoms with van der Waals surface area (Å²) >= 11 is 0. The van der Waals surface area contributed by atoms with Gasteiger partial charge in [0.1, 0.15) is 0 Å². The van der Waals surface area contributed by atoms with Gasteiger partial charge in [-0.3, -0.25) is 9.59 Å². The Balaban J connectivity index is 2.37. The van der Waals surface area contributed by atoms with Gasteiger partial charge in [-0.1, -0.05) is 0 Å². The van der Waals surface area contributed by atoms with Gasteiger partial charge in [0, 0.05) is 33.1 Å². The first-order valence-electron chi connectivity index (χ1n) is 6.22. The number of nitrogens with zero attached hydrogens (tertiary/aromatic N) is 2. The van der Waals surface area contributed by atoms with Crippen LogP contribution in [0.1, 0.15) is 19.3 Å². The largest absolute Gasteiger partial charge is 0.481 e. The van der Waals surface area contributed by atoms with E-state index in [0.717, 1.165) is 0 Å². The maximum Gasteiger partial charge on any atom is 0.319 e. The highest BCUT2D eigenvalue weighted by atomic mass is 16.5. The fourth-order valence-corrected chi connectivity index (χ4v) is 2.12. The second-order valence-corrected chi connectivity index (χ2v) is 4.73. The number of rotatable bonds is 5. The third-order valence-corrected chi connectivity index (χ3v) is 3.23. The zero-order valence-electron chi connectivity index (χ0n) is 11.3. The molecule has 1 N–H and O–H groups in total. The molecule has 19 heavy (non-hydrogen) atoms. The summed E-state index contributed by atoms with van der Waals surface area (Å²) in [5, 5.41) is 8.72. The number of carboxylic acids is 1. The Morgan fingerprint density at radius 1 is 1.42 bits per heavy atom. The minimum atomic E-state index is -0.835. The van der Waals surface area contributed by atoms with Crippen molar-refractivity contribution in [3.8, 4) is 0 Å². The van der Waals surface area contributed by atoms with Crippen LogP contribution in [0.4, 0.5) is 4.79 Å². The number of methoxy groups -OCH3 is 1. The molecule has 1 unspecified atom stereocenters. The van der Waals surface area contributed by atoms with Crippen LogP contribution in [0.25, 0.3) is 0 Å². The number of aliphatic carboxylic acids is 1. The number of hydrogen-bond acceptors (Lipinski definition) is 4. The maximum absolute atomic E-state index is 12.0. The summed E-state index contributed by atoms with van der Waals surface area (Å²) < 4.78 is 4.51. The maximum atomic E-state index is 12.0. The summed E-state index contributed by atoms with van der Waals surface area (Å²) in [5.41, 5.74) is 0. The van der Waals surface area contributed by atoms with Crippen LogP contribution in [0.5, 0.6) is 0 Å². The number of amides is 2. The van der Waals surface area contributed by atoms with E-state index in [0.29, 0.717) is 26.1 Å². The fourth-order valence-electron chi connectivity index (χ4n) is 2.12. The number of hydrogen-bond donors (Lipinski definition) is 1. The molecule has 0 aromatic carbocycles. The second kappa shape index (κ2) is 6.96. The van der Waals surface area contributed by atoms with E-state index in [1.54, 1.807) is 11.9 Å². The Kier molecular flexibility index (Phi) is 5.59. The Bertz CT molecular complexity index is 358. The van der Waals surface area contributed by atoms with Gasteiger partial charge in [-0.15, -0.1) is 0 Å². The molecule has 1 atom stereocenters. The molecule has 1 aliphatic rings. The summed E-state index contributed by atoms with van der Waals surface area (Å²) in [6.45, 7) is 1.33. The van der Waals surface area contributed by atoms with Crippen molar-refractivity contribution in [3.05, 3.63) is 0 Å². The number of urea groups is 1. The van der Waals surface area contributed by atoms with Gasteiger partial charge >= 0.3 is 18.0 Å². The van der Waals surface area contributed by atoms with Gasteiger partial charge < -0.3 is 19.6 Å². The molecule has 1 rings (SSSR count). The molecular weight excluding hydrogens is 252 g/mol. The zero-order chi connectivity index (χ0) is 14.4. The van der Waals surface area contributed by atoms with Gasteiger partial charge in [-0.25, -0.2) is 4.79 Å². The Labute approximate surface area is 112 Å². The van der Waals surface area contributed by atoms with Gasteiger partial charge in [0.25, 0.3) is 0 Å². The summed E-state index contributed by atoms with van der Waals surface area (Å²) in [4.78, 5) is 36.7. The summed E-state index contributed by atoms with van der Waals surface area (Å²) in [5.74, 6) is -1.17. The molecule has 0 aromatic heterocycles.